The van der Waals surface area contributed by atoms with E-state index in [1.807, 2.05) is 6.92 Å². The summed E-state index contributed by atoms with van der Waals surface area (Å²) in [4.78, 5) is 12.6. The van der Waals surface area contributed by atoms with Gasteiger partial charge >= 0.3 is 0 Å². The highest BCUT2D eigenvalue weighted by Gasteiger charge is 2.18. The summed E-state index contributed by atoms with van der Waals surface area (Å²) in [6, 6.07) is 10.8. The van der Waals surface area contributed by atoms with Crippen LogP contribution in [-0.4, -0.2) is 35.6 Å². The van der Waals surface area contributed by atoms with Gasteiger partial charge in [-0.3, -0.25) is 4.79 Å². The second-order valence-corrected chi connectivity index (χ2v) is 7.42. The number of benzene rings is 2. The lowest BCUT2D eigenvalue weighted by Crippen LogP contribution is -2.27. The Morgan fingerprint density at radius 1 is 1.08 bits per heavy atom. The Balaban J connectivity index is 2.26. The first-order valence-electron chi connectivity index (χ1n) is 7.88. The van der Waals surface area contributed by atoms with Gasteiger partial charge in [0.1, 0.15) is 11.5 Å². The van der Waals surface area contributed by atoms with Crippen molar-refractivity contribution in [2.75, 3.05) is 21.3 Å². The van der Waals surface area contributed by atoms with E-state index in [2.05, 4.69) is 10.0 Å². The summed E-state index contributed by atoms with van der Waals surface area (Å²) in [5.41, 5.74) is 0.995. The summed E-state index contributed by atoms with van der Waals surface area (Å²) in [7, 11) is 0.803. The molecule has 7 nitrogen and oxygen atoms in total. The predicted octanol–water partition coefficient (Wildman–Crippen LogP) is 2.10. The fourth-order valence-electron chi connectivity index (χ4n) is 2.46. The van der Waals surface area contributed by atoms with Crippen LogP contribution in [0.4, 0.5) is 0 Å². The van der Waals surface area contributed by atoms with Crippen molar-refractivity contribution in [3.63, 3.8) is 0 Å². The quantitative estimate of drug-likeness (QED) is 0.770. The summed E-state index contributed by atoms with van der Waals surface area (Å²) in [6.45, 7) is 1.81. The highest BCUT2D eigenvalue weighted by atomic mass is 32.2. The van der Waals surface area contributed by atoms with Gasteiger partial charge in [-0.25, -0.2) is 13.1 Å². The molecule has 1 atom stereocenters. The van der Waals surface area contributed by atoms with E-state index in [1.54, 1.807) is 38.5 Å². The third-order valence-corrected chi connectivity index (χ3v) is 5.34. The molecule has 0 saturated carbocycles. The number of amides is 1. The topological polar surface area (TPSA) is 93.7 Å². The van der Waals surface area contributed by atoms with E-state index in [4.69, 9.17) is 9.47 Å². The van der Waals surface area contributed by atoms with Crippen LogP contribution in [0.25, 0.3) is 0 Å². The SMILES string of the molecule is CNS(=O)(=O)c1cccc(C(=O)NC(C)c2cc(OC)ccc2OC)c1. The second-order valence-electron chi connectivity index (χ2n) is 5.54. The first-order valence-corrected chi connectivity index (χ1v) is 9.37. The van der Waals surface area contributed by atoms with Gasteiger partial charge in [0.2, 0.25) is 10.0 Å². The van der Waals surface area contributed by atoms with Gasteiger partial charge in [-0.15, -0.1) is 0 Å². The average Bonchev–Trinajstić information content (AvgIpc) is 2.67. The molecule has 0 heterocycles. The molecule has 0 aliphatic heterocycles. The van der Waals surface area contributed by atoms with E-state index >= 15 is 0 Å². The maximum Gasteiger partial charge on any atom is 0.251 e. The van der Waals surface area contributed by atoms with E-state index < -0.39 is 15.9 Å². The van der Waals surface area contributed by atoms with Crippen LogP contribution < -0.4 is 19.5 Å². The minimum atomic E-state index is -3.62. The number of carbonyl (C=O) groups excluding carboxylic acids is 1. The summed E-state index contributed by atoms with van der Waals surface area (Å²) in [5.74, 6) is 0.865. The second kappa shape index (κ2) is 8.20. The molecule has 0 bridgehead atoms. The molecule has 2 N–H and O–H groups in total. The smallest absolute Gasteiger partial charge is 0.251 e. The molecule has 1 amide bonds. The van der Waals surface area contributed by atoms with E-state index in [9.17, 15) is 13.2 Å². The van der Waals surface area contributed by atoms with Crippen LogP contribution in [0.15, 0.2) is 47.4 Å². The molecule has 0 fully saturated rings. The highest BCUT2D eigenvalue weighted by Crippen LogP contribution is 2.29. The Hall–Kier alpha value is -2.58. The molecule has 0 aromatic heterocycles. The van der Waals surface area contributed by atoms with Crippen molar-refractivity contribution < 1.29 is 22.7 Å². The van der Waals surface area contributed by atoms with Crippen molar-refractivity contribution in [3.8, 4) is 11.5 Å². The number of sulfonamides is 1. The molecule has 2 rings (SSSR count). The fourth-order valence-corrected chi connectivity index (χ4v) is 3.23. The first-order chi connectivity index (χ1) is 12.3. The molecule has 26 heavy (non-hydrogen) atoms. The maximum absolute atomic E-state index is 12.6. The van der Waals surface area contributed by atoms with E-state index in [1.165, 1.54) is 25.2 Å². The monoisotopic (exact) mass is 378 g/mol. The molecule has 0 aliphatic carbocycles. The van der Waals surface area contributed by atoms with Crippen LogP contribution in [0.1, 0.15) is 28.9 Å². The van der Waals surface area contributed by atoms with Gasteiger partial charge in [-0.1, -0.05) is 6.07 Å². The van der Waals surface area contributed by atoms with Gasteiger partial charge in [0.15, 0.2) is 0 Å². The van der Waals surface area contributed by atoms with Crippen molar-refractivity contribution in [1.82, 2.24) is 10.0 Å². The van der Waals surface area contributed by atoms with Crippen LogP contribution in [0.2, 0.25) is 0 Å². The van der Waals surface area contributed by atoms with E-state index in [0.717, 1.165) is 5.56 Å². The maximum atomic E-state index is 12.6. The number of hydrogen-bond acceptors (Lipinski definition) is 5. The predicted molar refractivity (Wildman–Crippen MR) is 98.1 cm³/mol. The Bertz CT molecular complexity index is 896. The number of hydrogen-bond donors (Lipinski definition) is 2. The zero-order valence-electron chi connectivity index (χ0n) is 15.1. The van der Waals surface area contributed by atoms with Crippen molar-refractivity contribution in [3.05, 3.63) is 53.6 Å². The zero-order chi connectivity index (χ0) is 19.3. The molecule has 8 heteroatoms. The van der Waals surface area contributed by atoms with E-state index in [-0.39, 0.29) is 16.5 Å². The summed E-state index contributed by atoms with van der Waals surface area (Å²) in [5, 5.41) is 2.85. The number of methoxy groups -OCH3 is 2. The zero-order valence-corrected chi connectivity index (χ0v) is 15.9. The molecule has 2 aromatic rings. The van der Waals surface area contributed by atoms with Crippen LogP contribution in [0, 0.1) is 0 Å². The third kappa shape index (κ3) is 4.33. The van der Waals surface area contributed by atoms with Gasteiger partial charge in [0.25, 0.3) is 5.91 Å². The molecule has 1 unspecified atom stereocenters. The number of carbonyl (C=O) groups is 1. The van der Waals surface area contributed by atoms with Gasteiger partial charge in [0.05, 0.1) is 25.2 Å². The van der Waals surface area contributed by atoms with Crippen molar-refractivity contribution in [1.29, 1.82) is 0 Å². The molecule has 0 aliphatic rings. The number of rotatable bonds is 7. The Morgan fingerprint density at radius 2 is 1.81 bits per heavy atom. The van der Waals surface area contributed by atoms with Crippen molar-refractivity contribution in [2.45, 2.75) is 17.9 Å². The first kappa shape index (κ1) is 19.7. The standard InChI is InChI=1S/C18H22N2O5S/c1-12(16-11-14(24-3)8-9-17(16)25-4)20-18(21)13-6-5-7-15(10-13)26(22,23)19-2/h5-12,19H,1-4H3,(H,20,21). The molecular weight excluding hydrogens is 356 g/mol. The summed E-state index contributed by atoms with van der Waals surface area (Å²) >= 11 is 0. The summed E-state index contributed by atoms with van der Waals surface area (Å²) in [6.07, 6.45) is 0. The van der Waals surface area contributed by atoms with Crippen molar-refractivity contribution >= 4 is 15.9 Å². The molecule has 0 saturated heterocycles. The third-order valence-electron chi connectivity index (χ3n) is 3.93. The molecule has 0 spiro atoms. The summed E-state index contributed by atoms with van der Waals surface area (Å²) < 4.78 is 36.6. The van der Waals surface area contributed by atoms with Gasteiger partial charge in [-0.2, -0.15) is 0 Å². The normalized spacial score (nSPS) is 12.3. The highest BCUT2D eigenvalue weighted by molar-refractivity contribution is 7.89. The average molecular weight is 378 g/mol. The Morgan fingerprint density at radius 3 is 2.42 bits per heavy atom. The van der Waals surface area contributed by atoms with E-state index in [0.29, 0.717) is 11.5 Å². The minimum Gasteiger partial charge on any atom is -0.497 e. The lowest BCUT2D eigenvalue weighted by atomic mass is 10.1. The van der Waals surface area contributed by atoms with Crippen LogP contribution in [0.3, 0.4) is 0 Å². The molecule has 2 aromatic carbocycles. The molecular formula is C18H22N2O5S. The molecule has 140 valence electrons. The van der Waals surface area contributed by atoms with Gasteiger partial charge in [0, 0.05) is 11.1 Å². The van der Waals surface area contributed by atoms with Crippen LogP contribution >= 0.6 is 0 Å². The van der Waals surface area contributed by atoms with Crippen LogP contribution in [0.5, 0.6) is 11.5 Å². The van der Waals surface area contributed by atoms with Gasteiger partial charge in [-0.05, 0) is 50.4 Å². The number of ether oxygens (including phenoxy) is 2. The number of nitrogens with one attached hydrogen (secondary N) is 2. The lowest BCUT2D eigenvalue weighted by Gasteiger charge is -2.18. The largest absolute Gasteiger partial charge is 0.497 e. The molecule has 0 radical (unpaired) electrons. The Kier molecular flexibility index (Phi) is 6.23. The minimum absolute atomic E-state index is 0.0271. The van der Waals surface area contributed by atoms with Gasteiger partial charge < -0.3 is 14.8 Å². The fraction of sp³-hybridized carbons (Fsp3) is 0.278. The lowest BCUT2D eigenvalue weighted by molar-refractivity contribution is 0.0939. The van der Waals surface area contributed by atoms with Crippen LogP contribution in [-0.2, 0) is 10.0 Å². The van der Waals surface area contributed by atoms with Crippen molar-refractivity contribution in [2.24, 2.45) is 0 Å². The Labute approximate surface area is 153 Å².